The molecule has 2 nitrogen and oxygen atoms in total. The van der Waals surface area contributed by atoms with Crippen LogP contribution in [0.25, 0.3) is 0 Å². The molecule has 2 rings (SSSR count). The summed E-state index contributed by atoms with van der Waals surface area (Å²) < 4.78 is 5.92. The molecule has 2 aromatic rings. The molecule has 0 amide bonds. The van der Waals surface area contributed by atoms with Crippen LogP contribution in [0, 0.1) is 0 Å². The van der Waals surface area contributed by atoms with Crippen LogP contribution in [0.4, 0.5) is 0 Å². The summed E-state index contributed by atoms with van der Waals surface area (Å²) in [5.41, 5.74) is 8.53. The van der Waals surface area contributed by atoms with Gasteiger partial charge in [0.15, 0.2) is 0 Å². The van der Waals surface area contributed by atoms with E-state index >= 15 is 0 Å². The first-order valence-corrected chi connectivity index (χ1v) is 7.70. The van der Waals surface area contributed by atoms with E-state index in [0.717, 1.165) is 24.3 Å². The van der Waals surface area contributed by atoms with E-state index in [1.165, 1.54) is 11.1 Å². The maximum Gasteiger partial charge on any atom is 0.127 e. The predicted octanol–water partition coefficient (Wildman–Crippen LogP) is 4.88. The fourth-order valence-corrected chi connectivity index (χ4v) is 2.21. The molecular weight excluding hydrogens is 258 g/mol. The average Bonchev–Trinajstić information content (AvgIpc) is 2.49. The molecule has 0 spiro atoms. The Bertz CT molecular complexity index is 560. The minimum absolute atomic E-state index is 0.236. The molecule has 0 saturated carbocycles. The van der Waals surface area contributed by atoms with Gasteiger partial charge in [-0.25, -0.2) is 0 Å². The second-order valence-electron chi connectivity index (χ2n) is 5.85. The van der Waals surface area contributed by atoms with Gasteiger partial charge in [0.1, 0.15) is 11.5 Å². The number of nitrogens with two attached hydrogens (primary N) is 1. The zero-order valence-corrected chi connectivity index (χ0v) is 13.2. The van der Waals surface area contributed by atoms with Gasteiger partial charge in [0.2, 0.25) is 0 Å². The molecule has 0 aliphatic carbocycles. The van der Waals surface area contributed by atoms with Crippen molar-refractivity contribution in [1.82, 2.24) is 0 Å². The monoisotopic (exact) mass is 283 g/mol. The van der Waals surface area contributed by atoms with Crippen LogP contribution in [-0.2, 0) is 6.42 Å². The Hall–Kier alpha value is -1.80. The third-order valence-electron chi connectivity index (χ3n) is 3.71. The highest BCUT2D eigenvalue weighted by Crippen LogP contribution is 2.25. The molecular formula is C19H25NO. The van der Waals surface area contributed by atoms with E-state index < -0.39 is 0 Å². The van der Waals surface area contributed by atoms with E-state index in [1.807, 2.05) is 24.3 Å². The fraction of sp³-hybridized carbons (Fsp3) is 0.368. The Kier molecular flexibility index (Phi) is 5.40. The van der Waals surface area contributed by atoms with Crippen LogP contribution in [0.2, 0.25) is 0 Å². The van der Waals surface area contributed by atoms with E-state index in [1.54, 1.807) is 0 Å². The van der Waals surface area contributed by atoms with Crippen molar-refractivity contribution in [2.75, 3.05) is 0 Å². The van der Waals surface area contributed by atoms with Crippen molar-refractivity contribution < 1.29 is 4.74 Å². The summed E-state index contributed by atoms with van der Waals surface area (Å²) in [7, 11) is 0. The van der Waals surface area contributed by atoms with E-state index in [2.05, 4.69) is 45.0 Å². The maximum atomic E-state index is 5.98. The summed E-state index contributed by atoms with van der Waals surface area (Å²) in [6, 6.07) is 16.7. The summed E-state index contributed by atoms with van der Waals surface area (Å²) in [6.45, 7) is 6.49. The summed E-state index contributed by atoms with van der Waals surface area (Å²) >= 11 is 0. The summed E-state index contributed by atoms with van der Waals surface area (Å²) in [5.74, 6) is 2.26. The van der Waals surface area contributed by atoms with Gasteiger partial charge in [-0.3, -0.25) is 0 Å². The largest absolute Gasteiger partial charge is 0.457 e. The number of rotatable bonds is 6. The van der Waals surface area contributed by atoms with Crippen molar-refractivity contribution in [1.29, 1.82) is 0 Å². The third kappa shape index (κ3) is 4.61. The zero-order valence-electron chi connectivity index (χ0n) is 13.2. The normalized spacial score (nSPS) is 12.4. The summed E-state index contributed by atoms with van der Waals surface area (Å²) in [6.07, 6.45) is 1.92. The third-order valence-corrected chi connectivity index (χ3v) is 3.71. The topological polar surface area (TPSA) is 35.2 Å². The Balaban J connectivity index is 2.04. The van der Waals surface area contributed by atoms with Crippen molar-refractivity contribution >= 4 is 0 Å². The van der Waals surface area contributed by atoms with Gasteiger partial charge in [-0.15, -0.1) is 0 Å². The van der Waals surface area contributed by atoms with Crippen LogP contribution < -0.4 is 10.5 Å². The molecule has 0 saturated heterocycles. The SMILES string of the molecule is CCC(N)Cc1ccc(Oc2cccc(C(C)C)c2)cc1. The first-order chi connectivity index (χ1) is 10.1. The Morgan fingerprint density at radius 2 is 1.71 bits per heavy atom. The van der Waals surface area contributed by atoms with Gasteiger partial charge in [0.25, 0.3) is 0 Å². The molecule has 0 aliphatic heterocycles. The lowest BCUT2D eigenvalue weighted by Gasteiger charge is -2.11. The minimum Gasteiger partial charge on any atom is -0.457 e. The molecule has 0 heterocycles. The van der Waals surface area contributed by atoms with Gasteiger partial charge in [0, 0.05) is 6.04 Å². The highest BCUT2D eigenvalue weighted by Gasteiger charge is 2.04. The Morgan fingerprint density at radius 3 is 2.33 bits per heavy atom. The van der Waals surface area contributed by atoms with Crippen molar-refractivity contribution in [3.8, 4) is 11.5 Å². The first kappa shape index (κ1) is 15.6. The van der Waals surface area contributed by atoms with Gasteiger partial charge >= 0.3 is 0 Å². The molecule has 2 aromatic carbocycles. The summed E-state index contributed by atoms with van der Waals surface area (Å²) in [5, 5.41) is 0. The number of hydrogen-bond acceptors (Lipinski definition) is 2. The molecule has 0 radical (unpaired) electrons. The van der Waals surface area contributed by atoms with E-state index in [0.29, 0.717) is 5.92 Å². The van der Waals surface area contributed by atoms with Crippen LogP contribution in [-0.4, -0.2) is 6.04 Å². The fourth-order valence-electron chi connectivity index (χ4n) is 2.21. The Morgan fingerprint density at radius 1 is 1.00 bits per heavy atom. The van der Waals surface area contributed by atoms with E-state index in [-0.39, 0.29) is 6.04 Å². The van der Waals surface area contributed by atoms with Crippen LogP contribution >= 0.6 is 0 Å². The van der Waals surface area contributed by atoms with Gasteiger partial charge in [-0.05, 0) is 54.2 Å². The van der Waals surface area contributed by atoms with E-state index in [4.69, 9.17) is 10.5 Å². The highest BCUT2D eigenvalue weighted by atomic mass is 16.5. The number of benzene rings is 2. The molecule has 1 atom stereocenters. The van der Waals surface area contributed by atoms with Gasteiger partial charge in [-0.2, -0.15) is 0 Å². The number of hydrogen-bond donors (Lipinski definition) is 1. The molecule has 0 bridgehead atoms. The smallest absolute Gasteiger partial charge is 0.127 e. The van der Waals surface area contributed by atoms with E-state index in [9.17, 15) is 0 Å². The molecule has 21 heavy (non-hydrogen) atoms. The molecule has 0 aromatic heterocycles. The van der Waals surface area contributed by atoms with Crippen LogP contribution in [0.3, 0.4) is 0 Å². The van der Waals surface area contributed by atoms with Crippen molar-refractivity contribution in [2.24, 2.45) is 5.73 Å². The van der Waals surface area contributed by atoms with Crippen molar-refractivity contribution in [3.63, 3.8) is 0 Å². The Labute approximate surface area is 127 Å². The quantitative estimate of drug-likeness (QED) is 0.819. The second-order valence-corrected chi connectivity index (χ2v) is 5.85. The van der Waals surface area contributed by atoms with Crippen LogP contribution in [0.5, 0.6) is 11.5 Å². The van der Waals surface area contributed by atoms with Gasteiger partial charge in [0.05, 0.1) is 0 Å². The molecule has 0 fully saturated rings. The lowest BCUT2D eigenvalue weighted by molar-refractivity contribution is 0.481. The second kappa shape index (κ2) is 7.28. The van der Waals surface area contributed by atoms with Crippen LogP contribution in [0.1, 0.15) is 44.2 Å². The van der Waals surface area contributed by atoms with Crippen LogP contribution in [0.15, 0.2) is 48.5 Å². The summed E-state index contributed by atoms with van der Waals surface area (Å²) in [4.78, 5) is 0. The first-order valence-electron chi connectivity index (χ1n) is 7.70. The van der Waals surface area contributed by atoms with Crippen molar-refractivity contribution in [3.05, 3.63) is 59.7 Å². The minimum atomic E-state index is 0.236. The standard InChI is InChI=1S/C19H25NO/c1-4-17(20)12-15-8-10-18(11-9-15)21-19-7-5-6-16(13-19)14(2)3/h5-11,13-14,17H,4,12,20H2,1-3H3. The lowest BCUT2D eigenvalue weighted by atomic mass is 10.0. The molecule has 112 valence electrons. The lowest BCUT2D eigenvalue weighted by Crippen LogP contribution is -2.21. The van der Waals surface area contributed by atoms with Gasteiger partial charge in [-0.1, -0.05) is 45.0 Å². The van der Waals surface area contributed by atoms with Crippen molar-refractivity contribution in [2.45, 2.75) is 45.6 Å². The maximum absolute atomic E-state index is 5.98. The molecule has 1 unspecified atom stereocenters. The zero-order chi connectivity index (χ0) is 15.2. The molecule has 2 N–H and O–H groups in total. The average molecular weight is 283 g/mol. The highest BCUT2D eigenvalue weighted by molar-refractivity contribution is 5.36. The molecule has 0 aliphatic rings. The van der Waals surface area contributed by atoms with Gasteiger partial charge < -0.3 is 10.5 Å². The number of ether oxygens (including phenoxy) is 1. The predicted molar refractivity (Wildman–Crippen MR) is 89.0 cm³/mol. The molecule has 2 heteroatoms.